The molecule has 0 bridgehead atoms. The van der Waals surface area contributed by atoms with Crippen LogP contribution in [0.5, 0.6) is 5.75 Å². The fourth-order valence-corrected chi connectivity index (χ4v) is 3.55. The molecule has 30 heavy (non-hydrogen) atoms. The lowest BCUT2D eigenvalue weighted by Crippen LogP contribution is -2.29. The van der Waals surface area contributed by atoms with E-state index in [2.05, 4.69) is 5.16 Å². The Bertz CT molecular complexity index is 1170. The molecule has 1 aliphatic rings. The number of halogens is 1. The maximum atomic E-state index is 13.0. The number of rotatable bonds is 4. The summed E-state index contributed by atoms with van der Waals surface area (Å²) in [4.78, 5) is 27.2. The third-order valence-corrected chi connectivity index (χ3v) is 5.09. The van der Waals surface area contributed by atoms with E-state index in [4.69, 9.17) is 20.9 Å². The number of anilines is 1. The smallest absolute Gasteiger partial charge is 0.301 e. The second-order valence-electron chi connectivity index (χ2n) is 6.75. The third-order valence-electron chi connectivity index (χ3n) is 4.83. The number of carbonyl (C=O) groups excluding carboxylic acids is 2. The number of hydrogen-bond acceptors (Lipinski definition) is 6. The number of aliphatic hydroxyl groups is 1. The quantitative estimate of drug-likeness (QED) is 0.382. The molecule has 2 heterocycles. The van der Waals surface area contributed by atoms with Gasteiger partial charge in [-0.25, -0.2) is 0 Å². The number of Topliss-reactive ketones (excluding diaryl/α,β-unsaturated/α-hetero) is 1. The number of methoxy groups -OCH3 is 1. The first-order chi connectivity index (χ1) is 14.4. The minimum absolute atomic E-state index is 0.0590. The van der Waals surface area contributed by atoms with Gasteiger partial charge in [-0.1, -0.05) is 28.9 Å². The minimum Gasteiger partial charge on any atom is -0.507 e. The van der Waals surface area contributed by atoms with E-state index in [0.29, 0.717) is 27.7 Å². The summed E-state index contributed by atoms with van der Waals surface area (Å²) in [5.74, 6) is -0.740. The van der Waals surface area contributed by atoms with E-state index in [0.717, 1.165) is 0 Å². The van der Waals surface area contributed by atoms with E-state index >= 15 is 0 Å². The van der Waals surface area contributed by atoms with Crippen molar-refractivity contribution in [3.63, 3.8) is 0 Å². The molecule has 1 aliphatic heterocycles. The molecule has 152 valence electrons. The van der Waals surface area contributed by atoms with Crippen LogP contribution in [0.4, 0.5) is 5.82 Å². The lowest BCUT2D eigenvalue weighted by Gasteiger charge is -2.23. The summed E-state index contributed by atoms with van der Waals surface area (Å²) in [7, 11) is 1.52. The van der Waals surface area contributed by atoms with Crippen LogP contribution in [-0.4, -0.2) is 29.1 Å². The first-order valence-electron chi connectivity index (χ1n) is 9.05. The largest absolute Gasteiger partial charge is 0.507 e. The van der Waals surface area contributed by atoms with Crippen molar-refractivity contribution in [1.82, 2.24) is 5.16 Å². The van der Waals surface area contributed by atoms with Gasteiger partial charge in [-0.15, -0.1) is 0 Å². The van der Waals surface area contributed by atoms with E-state index in [1.54, 1.807) is 61.5 Å². The van der Waals surface area contributed by atoms with Crippen molar-refractivity contribution in [2.45, 2.75) is 13.0 Å². The first-order valence-corrected chi connectivity index (χ1v) is 9.42. The van der Waals surface area contributed by atoms with Gasteiger partial charge in [-0.2, -0.15) is 0 Å². The van der Waals surface area contributed by atoms with Crippen molar-refractivity contribution in [2.24, 2.45) is 0 Å². The number of aromatic nitrogens is 1. The molecule has 0 saturated carbocycles. The predicted molar refractivity (Wildman–Crippen MR) is 110 cm³/mol. The maximum Gasteiger partial charge on any atom is 0.301 e. The van der Waals surface area contributed by atoms with Crippen molar-refractivity contribution in [3.8, 4) is 5.75 Å². The summed E-state index contributed by atoms with van der Waals surface area (Å²) in [5, 5.41) is 15.4. The SMILES string of the molecule is COc1cccc([C@@H]2C(=C(O)c3ccc(Cl)cc3)C(=O)C(=O)N2c2cc(C)on2)c1. The first kappa shape index (κ1) is 19.7. The molecule has 1 fully saturated rings. The monoisotopic (exact) mass is 424 g/mol. The van der Waals surface area contributed by atoms with Crippen LogP contribution >= 0.6 is 11.6 Å². The van der Waals surface area contributed by atoms with Gasteiger partial charge in [0.05, 0.1) is 18.7 Å². The van der Waals surface area contributed by atoms with Crippen LogP contribution in [0.1, 0.15) is 22.9 Å². The summed E-state index contributed by atoms with van der Waals surface area (Å²) in [6.45, 7) is 1.68. The fraction of sp³-hybridized carbons (Fsp3) is 0.136. The van der Waals surface area contributed by atoms with Gasteiger partial charge in [-0.05, 0) is 48.9 Å². The Balaban J connectivity index is 1.95. The van der Waals surface area contributed by atoms with Crippen LogP contribution in [0.25, 0.3) is 5.76 Å². The highest BCUT2D eigenvalue weighted by Gasteiger charge is 2.48. The molecule has 0 unspecified atom stereocenters. The predicted octanol–water partition coefficient (Wildman–Crippen LogP) is 4.27. The minimum atomic E-state index is -0.916. The van der Waals surface area contributed by atoms with Crippen LogP contribution in [0.3, 0.4) is 0 Å². The van der Waals surface area contributed by atoms with Crippen molar-refractivity contribution in [3.05, 3.63) is 82.1 Å². The van der Waals surface area contributed by atoms with Gasteiger partial charge < -0.3 is 14.4 Å². The third kappa shape index (κ3) is 3.33. The molecule has 7 nitrogen and oxygen atoms in total. The van der Waals surface area contributed by atoms with Gasteiger partial charge in [0, 0.05) is 16.7 Å². The second-order valence-corrected chi connectivity index (χ2v) is 7.18. The zero-order valence-corrected chi connectivity index (χ0v) is 16.9. The highest BCUT2D eigenvalue weighted by Crippen LogP contribution is 2.42. The van der Waals surface area contributed by atoms with Gasteiger partial charge in [-0.3, -0.25) is 14.5 Å². The van der Waals surface area contributed by atoms with Crippen LogP contribution in [0.15, 0.2) is 64.7 Å². The van der Waals surface area contributed by atoms with E-state index in [-0.39, 0.29) is 17.2 Å². The molecular formula is C22H17ClN2O5. The molecule has 4 rings (SSSR count). The Morgan fingerprint density at radius 3 is 2.53 bits per heavy atom. The van der Waals surface area contributed by atoms with Crippen molar-refractivity contribution >= 4 is 34.9 Å². The fourth-order valence-electron chi connectivity index (χ4n) is 3.43. The van der Waals surface area contributed by atoms with Crippen LogP contribution in [0.2, 0.25) is 5.02 Å². The van der Waals surface area contributed by atoms with Gasteiger partial charge in [0.25, 0.3) is 5.78 Å². The molecule has 0 aliphatic carbocycles. The molecule has 1 amide bonds. The number of hydrogen-bond donors (Lipinski definition) is 1. The molecule has 1 N–H and O–H groups in total. The summed E-state index contributed by atoms with van der Waals surface area (Å²) >= 11 is 5.93. The van der Waals surface area contributed by atoms with Gasteiger partial charge >= 0.3 is 5.91 Å². The normalized spacial score (nSPS) is 18.1. The Hall–Kier alpha value is -3.58. The van der Waals surface area contributed by atoms with E-state index in [9.17, 15) is 14.7 Å². The number of nitrogens with zero attached hydrogens (tertiary/aromatic N) is 2. The Morgan fingerprint density at radius 2 is 1.90 bits per heavy atom. The number of ether oxygens (including phenoxy) is 1. The maximum absolute atomic E-state index is 13.0. The average molecular weight is 425 g/mol. The molecule has 2 aromatic carbocycles. The molecule has 8 heteroatoms. The molecular weight excluding hydrogens is 408 g/mol. The topological polar surface area (TPSA) is 92.9 Å². The molecule has 1 aromatic heterocycles. The van der Waals surface area contributed by atoms with E-state index in [1.165, 1.54) is 12.0 Å². The van der Waals surface area contributed by atoms with Crippen LogP contribution in [0, 0.1) is 6.92 Å². The Morgan fingerprint density at radius 1 is 1.17 bits per heavy atom. The van der Waals surface area contributed by atoms with E-state index < -0.39 is 17.7 Å². The molecule has 1 atom stereocenters. The second kappa shape index (κ2) is 7.68. The van der Waals surface area contributed by atoms with Gasteiger partial charge in [0.1, 0.15) is 17.3 Å². The van der Waals surface area contributed by atoms with Crippen molar-refractivity contribution < 1.29 is 24.0 Å². The molecule has 3 aromatic rings. The number of aryl methyl sites for hydroxylation is 1. The average Bonchev–Trinajstić information content (AvgIpc) is 3.29. The zero-order chi connectivity index (χ0) is 21.4. The highest BCUT2D eigenvalue weighted by molar-refractivity contribution is 6.51. The lowest BCUT2D eigenvalue weighted by molar-refractivity contribution is -0.132. The van der Waals surface area contributed by atoms with Gasteiger partial charge in [0.15, 0.2) is 5.82 Å². The van der Waals surface area contributed by atoms with E-state index in [1.807, 2.05) is 0 Å². The number of amides is 1. The summed E-state index contributed by atoms with van der Waals surface area (Å²) in [6, 6.07) is 13.9. The number of benzene rings is 2. The molecule has 1 saturated heterocycles. The van der Waals surface area contributed by atoms with Crippen molar-refractivity contribution in [2.75, 3.05) is 12.0 Å². The van der Waals surface area contributed by atoms with Crippen molar-refractivity contribution in [1.29, 1.82) is 0 Å². The lowest BCUT2D eigenvalue weighted by atomic mass is 9.95. The summed E-state index contributed by atoms with van der Waals surface area (Å²) in [6.07, 6.45) is 0. The molecule has 0 radical (unpaired) electrons. The number of ketones is 1. The number of aliphatic hydroxyl groups excluding tert-OH is 1. The Labute approximate surface area is 177 Å². The number of carbonyl (C=O) groups is 2. The Kier molecular flexibility index (Phi) is 5.05. The highest BCUT2D eigenvalue weighted by atomic mass is 35.5. The standard InChI is InChI=1S/C22H17ClN2O5/c1-12-10-17(24-30-12)25-19(14-4-3-5-16(11-14)29-2)18(21(27)22(25)28)20(26)13-6-8-15(23)9-7-13/h3-11,19,26H,1-2H3/t19-/m1/s1. The summed E-state index contributed by atoms with van der Waals surface area (Å²) < 4.78 is 10.4. The van der Waals surface area contributed by atoms with Crippen LogP contribution in [-0.2, 0) is 9.59 Å². The summed E-state index contributed by atoms with van der Waals surface area (Å²) in [5.41, 5.74) is 0.877. The molecule has 0 spiro atoms. The van der Waals surface area contributed by atoms with Gasteiger partial charge in [0.2, 0.25) is 0 Å². The zero-order valence-electron chi connectivity index (χ0n) is 16.1. The van der Waals surface area contributed by atoms with Crippen LogP contribution < -0.4 is 9.64 Å².